The summed E-state index contributed by atoms with van der Waals surface area (Å²) >= 11 is 0. The van der Waals surface area contributed by atoms with Crippen LogP contribution in [0.3, 0.4) is 0 Å². The topological polar surface area (TPSA) is 128 Å². The van der Waals surface area contributed by atoms with E-state index in [4.69, 9.17) is 18.7 Å². The molecule has 1 aromatic heterocycles. The summed E-state index contributed by atoms with van der Waals surface area (Å²) in [6.45, 7) is 2.90. The number of nitrogens with zero attached hydrogens (tertiary/aromatic N) is 3. The third-order valence-electron chi connectivity index (χ3n) is 7.41. The molecule has 1 fully saturated rings. The van der Waals surface area contributed by atoms with Crippen LogP contribution in [0.5, 0.6) is 17.2 Å². The minimum absolute atomic E-state index is 0.190. The third kappa shape index (κ3) is 5.85. The van der Waals surface area contributed by atoms with E-state index >= 15 is 0 Å². The number of benzene rings is 3. The average molecular weight is 570 g/mol. The molecule has 0 spiro atoms. The fraction of sp³-hybridized carbons (Fsp3) is 0.290. The van der Waals surface area contributed by atoms with Crippen molar-refractivity contribution in [1.82, 2.24) is 20.8 Å². The second kappa shape index (κ2) is 11.8. The maximum absolute atomic E-state index is 13.5. The molecule has 2 atom stereocenters. The average Bonchev–Trinajstić information content (AvgIpc) is 3.51. The van der Waals surface area contributed by atoms with E-state index in [1.165, 1.54) is 0 Å². The molecule has 4 bridgehead atoms. The highest BCUT2D eigenvalue weighted by Gasteiger charge is 2.35. The van der Waals surface area contributed by atoms with Crippen LogP contribution in [0.15, 0.2) is 71.3 Å². The molecule has 7 rings (SSSR count). The molecule has 3 aliphatic heterocycles. The van der Waals surface area contributed by atoms with Crippen molar-refractivity contribution < 1.29 is 28.3 Å². The number of piperidine rings is 1. The molecule has 11 nitrogen and oxygen atoms in total. The van der Waals surface area contributed by atoms with Crippen LogP contribution in [0.25, 0.3) is 11.4 Å². The minimum Gasteiger partial charge on any atom is -0.496 e. The summed E-state index contributed by atoms with van der Waals surface area (Å²) in [5, 5.41) is 10.2. The third-order valence-corrected chi connectivity index (χ3v) is 7.41. The van der Waals surface area contributed by atoms with Crippen LogP contribution < -0.4 is 29.7 Å². The molecular weight excluding hydrogens is 538 g/mol. The summed E-state index contributed by atoms with van der Waals surface area (Å²) < 4.78 is 23.4. The predicted molar refractivity (Wildman–Crippen MR) is 154 cm³/mol. The summed E-state index contributed by atoms with van der Waals surface area (Å²) in [5.74, 6) is 1.54. The highest BCUT2D eigenvalue weighted by Crippen LogP contribution is 2.29. The van der Waals surface area contributed by atoms with Crippen molar-refractivity contribution in [2.45, 2.75) is 32.0 Å². The van der Waals surface area contributed by atoms with Crippen molar-refractivity contribution >= 4 is 17.8 Å². The number of anilines is 1. The molecule has 1 saturated heterocycles. The maximum Gasteiger partial charge on any atom is 0.324 e. The van der Waals surface area contributed by atoms with Crippen LogP contribution in [0.2, 0.25) is 0 Å². The van der Waals surface area contributed by atoms with Crippen molar-refractivity contribution in [1.29, 1.82) is 0 Å². The van der Waals surface area contributed by atoms with E-state index < -0.39 is 6.04 Å². The van der Waals surface area contributed by atoms with E-state index in [0.717, 1.165) is 16.7 Å². The zero-order chi connectivity index (χ0) is 29.1. The number of hydrogen-bond acceptors (Lipinski definition) is 9. The minimum atomic E-state index is -0.423. The van der Waals surface area contributed by atoms with Crippen LogP contribution in [0.1, 0.15) is 27.9 Å². The molecular formula is C31H31N5O6. The predicted octanol–water partition coefficient (Wildman–Crippen LogP) is 3.52. The van der Waals surface area contributed by atoms with Crippen molar-refractivity contribution in [3.8, 4) is 28.6 Å². The van der Waals surface area contributed by atoms with Crippen LogP contribution in [0, 0.1) is 6.92 Å². The van der Waals surface area contributed by atoms with Crippen molar-refractivity contribution in [3.05, 3.63) is 83.4 Å². The van der Waals surface area contributed by atoms with Gasteiger partial charge in [-0.2, -0.15) is 4.98 Å². The molecule has 11 heteroatoms. The Hall–Kier alpha value is -5.06. The molecule has 0 aliphatic carbocycles. The number of nitrogens with one attached hydrogen (secondary N) is 2. The Kier molecular flexibility index (Phi) is 7.63. The fourth-order valence-electron chi connectivity index (χ4n) is 5.09. The molecule has 4 aromatic rings. The molecule has 42 heavy (non-hydrogen) atoms. The Labute approximate surface area is 242 Å². The zero-order valence-electron chi connectivity index (χ0n) is 23.3. The highest BCUT2D eigenvalue weighted by atomic mass is 16.5. The normalized spacial score (nSPS) is 19.0. The van der Waals surface area contributed by atoms with E-state index in [9.17, 15) is 9.59 Å². The van der Waals surface area contributed by atoms with Gasteiger partial charge in [-0.25, -0.2) is 0 Å². The molecule has 3 aromatic carbocycles. The van der Waals surface area contributed by atoms with Gasteiger partial charge in [-0.1, -0.05) is 41.6 Å². The number of methoxy groups -OCH3 is 1. The van der Waals surface area contributed by atoms with E-state index in [2.05, 4.69) is 20.8 Å². The molecule has 2 N–H and O–H groups in total. The van der Waals surface area contributed by atoms with Gasteiger partial charge in [0.25, 0.3) is 11.8 Å². The summed E-state index contributed by atoms with van der Waals surface area (Å²) in [7, 11) is 1.57. The quantitative estimate of drug-likeness (QED) is 0.381. The monoisotopic (exact) mass is 569 g/mol. The number of aromatic nitrogens is 2. The van der Waals surface area contributed by atoms with Gasteiger partial charge in [0.2, 0.25) is 5.82 Å². The van der Waals surface area contributed by atoms with Gasteiger partial charge in [-0.3, -0.25) is 9.59 Å². The second-order valence-corrected chi connectivity index (χ2v) is 10.3. The molecule has 0 saturated carbocycles. The van der Waals surface area contributed by atoms with Gasteiger partial charge in [0, 0.05) is 48.8 Å². The van der Waals surface area contributed by atoms with Gasteiger partial charge in [0.15, 0.2) is 6.61 Å². The standard InChI is InChI=1S/C31H31N5O6/c1-19-8-9-21-14-26(19)40-18-28(37)32-16-22-10-11-23(15-27(22)39-2)41-25-12-13-36(17-24(25)33-30(21)38)31-34-29(35-42-31)20-6-4-3-5-7-20/h3-11,14-15,24-25H,12-13,16-18H2,1-2H3,(H,32,37)(H,33,38)/t24-,25+/m0/s1. The lowest BCUT2D eigenvalue weighted by atomic mass is 10.0. The summed E-state index contributed by atoms with van der Waals surface area (Å²) in [6.07, 6.45) is 0.227. The first-order chi connectivity index (χ1) is 20.5. The smallest absolute Gasteiger partial charge is 0.324 e. The Bertz CT molecular complexity index is 1590. The van der Waals surface area contributed by atoms with Crippen molar-refractivity contribution in [3.63, 3.8) is 0 Å². The second-order valence-electron chi connectivity index (χ2n) is 10.3. The van der Waals surface area contributed by atoms with Gasteiger partial charge >= 0.3 is 6.01 Å². The molecule has 0 radical (unpaired) electrons. The Morgan fingerprint density at radius 2 is 1.88 bits per heavy atom. The zero-order valence-corrected chi connectivity index (χ0v) is 23.3. The van der Waals surface area contributed by atoms with Gasteiger partial charge < -0.3 is 34.3 Å². The van der Waals surface area contributed by atoms with Gasteiger partial charge in [0.1, 0.15) is 23.4 Å². The fourth-order valence-corrected chi connectivity index (χ4v) is 5.09. The number of aryl methyl sites for hydroxylation is 1. The Morgan fingerprint density at radius 3 is 2.71 bits per heavy atom. The van der Waals surface area contributed by atoms with Crippen LogP contribution in [-0.2, 0) is 11.3 Å². The first-order valence-corrected chi connectivity index (χ1v) is 13.8. The van der Waals surface area contributed by atoms with Gasteiger partial charge in [0.05, 0.1) is 13.2 Å². The number of hydrogen-bond donors (Lipinski definition) is 2. The van der Waals surface area contributed by atoms with Gasteiger partial charge in [-0.05, 0) is 36.8 Å². The molecule has 3 aliphatic rings. The van der Waals surface area contributed by atoms with E-state index in [-0.39, 0.29) is 31.1 Å². The van der Waals surface area contributed by atoms with Crippen LogP contribution in [0.4, 0.5) is 6.01 Å². The number of carbonyl (C=O) groups excluding carboxylic acids is 2. The molecule has 216 valence electrons. The largest absolute Gasteiger partial charge is 0.496 e. The van der Waals surface area contributed by atoms with E-state index in [0.29, 0.717) is 54.2 Å². The molecule has 4 heterocycles. The number of rotatable bonds is 3. The lowest BCUT2D eigenvalue weighted by Crippen LogP contribution is -2.57. The first kappa shape index (κ1) is 27.1. The van der Waals surface area contributed by atoms with Gasteiger partial charge in [-0.15, -0.1) is 0 Å². The first-order valence-electron chi connectivity index (χ1n) is 13.8. The number of carbonyl (C=O) groups is 2. The number of amides is 2. The number of fused-ring (bicyclic) bond motifs is 7. The van der Waals surface area contributed by atoms with Crippen molar-refractivity contribution in [2.24, 2.45) is 0 Å². The Morgan fingerprint density at radius 1 is 1.02 bits per heavy atom. The molecule has 2 amide bonds. The van der Waals surface area contributed by atoms with Crippen LogP contribution >= 0.6 is 0 Å². The summed E-state index contributed by atoms with van der Waals surface area (Å²) in [6, 6.07) is 20.2. The number of ether oxygens (including phenoxy) is 3. The lowest BCUT2D eigenvalue weighted by molar-refractivity contribution is -0.123. The van der Waals surface area contributed by atoms with Crippen LogP contribution in [-0.4, -0.2) is 60.9 Å². The summed E-state index contributed by atoms with van der Waals surface area (Å²) in [5.41, 5.74) is 2.87. The van der Waals surface area contributed by atoms with E-state index in [1.807, 2.05) is 54.3 Å². The van der Waals surface area contributed by atoms with E-state index in [1.54, 1.807) is 31.4 Å². The summed E-state index contributed by atoms with van der Waals surface area (Å²) in [4.78, 5) is 32.6. The highest BCUT2D eigenvalue weighted by molar-refractivity contribution is 5.95. The maximum atomic E-state index is 13.5. The molecule has 0 unspecified atom stereocenters. The SMILES string of the molecule is COc1cc2ccc1CNC(=O)COc1cc(ccc1C)C(=O)N[C@H]1CN(c3nc(-c4ccccc4)no3)CC[C@H]1O2. The Balaban J connectivity index is 1.30. The lowest BCUT2D eigenvalue weighted by Gasteiger charge is -2.38. The van der Waals surface area contributed by atoms with Crippen molar-refractivity contribution in [2.75, 3.05) is 31.7 Å².